The lowest BCUT2D eigenvalue weighted by Crippen LogP contribution is -2.40. The third-order valence-corrected chi connectivity index (χ3v) is 8.50. The van der Waals surface area contributed by atoms with Crippen molar-refractivity contribution >= 4 is 50.9 Å². The van der Waals surface area contributed by atoms with E-state index in [1.807, 2.05) is 36.4 Å². The average Bonchev–Trinajstić information content (AvgIpc) is 3.29. The molecule has 1 aromatic heterocycles. The molecule has 42 heavy (non-hydrogen) atoms. The number of fused-ring (bicyclic) bond motifs is 1. The predicted molar refractivity (Wildman–Crippen MR) is 165 cm³/mol. The molecule has 0 saturated heterocycles. The molecule has 5 rings (SSSR count). The van der Waals surface area contributed by atoms with Gasteiger partial charge in [-0.2, -0.15) is 0 Å². The number of carbonyl (C=O) groups excluding carboxylic acids is 1. The first-order valence-corrected chi connectivity index (χ1v) is 14.7. The minimum Gasteiger partial charge on any atom is -0.496 e. The number of nitrogens with zero attached hydrogens (tertiary/aromatic N) is 2. The number of allylic oxidation sites excluding steroid dienone is 1. The summed E-state index contributed by atoms with van der Waals surface area (Å²) in [4.78, 5) is 32.0. The summed E-state index contributed by atoms with van der Waals surface area (Å²) in [7, 11) is 4.37. The lowest BCUT2D eigenvalue weighted by Gasteiger charge is -2.25. The van der Waals surface area contributed by atoms with Crippen molar-refractivity contribution in [1.29, 1.82) is 0 Å². The van der Waals surface area contributed by atoms with Gasteiger partial charge in [-0.25, -0.2) is 9.79 Å². The van der Waals surface area contributed by atoms with E-state index in [1.54, 1.807) is 44.4 Å². The van der Waals surface area contributed by atoms with Gasteiger partial charge >= 0.3 is 5.97 Å². The third kappa shape index (κ3) is 5.74. The minimum absolute atomic E-state index is 0.223. The molecule has 0 unspecified atom stereocenters. The van der Waals surface area contributed by atoms with Crippen molar-refractivity contribution < 1.29 is 23.7 Å². The quantitative estimate of drug-likeness (QED) is 0.233. The van der Waals surface area contributed by atoms with Gasteiger partial charge in [0.05, 0.1) is 41.6 Å². The molecule has 0 fully saturated rings. The van der Waals surface area contributed by atoms with Crippen LogP contribution >= 0.6 is 38.9 Å². The van der Waals surface area contributed by atoms with Gasteiger partial charge in [0, 0.05) is 10.6 Å². The van der Waals surface area contributed by atoms with Crippen molar-refractivity contribution in [2.45, 2.75) is 19.6 Å². The Morgan fingerprint density at radius 2 is 1.81 bits per heavy atom. The molecule has 216 valence electrons. The highest BCUT2D eigenvalue weighted by molar-refractivity contribution is 9.10. The first-order valence-electron chi connectivity index (χ1n) is 12.7. The van der Waals surface area contributed by atoms with Crippen LogP contribution in [0.2, 0.25) is 5.02 Å². The Kier molecular flexibility index (Phi) is 8.86. The highest BCUT2D eigenvalue weighted by Gasteiger charge is 2.35. The number of carbonyl (C=O) groups is 1. The molecular formula is C31H26BrClN2O6S. The van der Waals surface area contributed by atoms with Crippen LogP contribution in [-0.4, -0.2) is 31.9 Å². The maximum atomic E-state index is 14.0. The summed E-state index contributed by atoms with van der Waals surface area (Å²) in [6.45, 7) is 2.08. The first-order chi connectivity index (χ1) is 20.2. The van der Waals surface area contributed by atoms with E-state index in [9.17, 15) is 9.59 Å². The van der Waals surface area contributed by atoms with Gasteiger partial charge in [0.1, 0.15) is 18.4 Å². The molecule has 8 nitrogen and oxygen atoms in total. The van der Waals surface area contributed by atoms with Gasteiger partial charge in [-0.1, -0.05) is 53.3 Å². The number of thiazole rings is 1. The smallest absolute Gasteiger partial charge is 0.338 e. The Bertz CT molecular complexity index is 1880. The molecule has 0 radical (unpaired) electrons. The molecule has 1 aliphatic rings. The van der Waals surface area contributed by atoms with Crippen molar-refractivity contribution in [2.24, 2.45) is 4.99 Å². The van der Waals surface area contributed by atoms with Crippen LogP contribution in [0.1, 0.15) is 29.7 Å². The maximum absolute atomic E-state index is 14.0. The maximum Gasteiger partial charge on any atom is 0.338 e. The van der Waals surface area contributed by atoms with Crippen LogP contribution in [-0.2, 0) is 16.1 Å². The number of hydrogen-bond acceptors (Lipinski definition) is 8. The van der Waals surface area contributed by atoms with Crippen molar-refractivity contribution in [1.82, 2.24) is 4.57 Å². The van der Waals surface area contributed by atoms with Crippen LogP contribution < -0.4 is 29.1 Å². The topological polar surface area (TPSA) is 88.4 Å². The summed E-state index contributed by atoms with van der Waals surface area (Å²) in [6.07, 6.45) is 1.75. The van der Waals surface area contributed by atoms with Crippen LogP contribution in [0.3, 0.4) is 0 Å². The van der Waals surface area contributed by atoms with E-state index >= 15 is 0 Å². The Hall–Kier alpha value is -3.86. The monoisotopic (exact) mass is 668 g/mol. The normalized spacial score (nSPS) is 14.7. The highest BCUT2D eigenvalue weighted by atomic mass is 79.9. The summed E-state index contributed by atoms with van der Waals surface area (Å²) in [5.74, 6) is 0.920. The predicted octanol–water partition coefficient (Wildman–Crippen LogP) is 5.42. The molecule has 1 aliphatic heterocycles. The fourth-order valence-electron chi connectivity index (χ4n) is 4.75. The Balaban J connectivity index is 1.63. The number of benzene rings is 3. The minimum atomic E-state index is -0.862. The lowest BCUT2D eigenvalue weighted by atomic mass is 9.95. The molecule has 3 aromatic carbocycles. The third-order valence-electron chi connectivity index (χ3n) is 6.69. The zero-order valence-corrected chi connectivity index (χ0v) is 26.3. The molecule has 1 atom stereocenters. The fourth-order valence-corrected chi connectivity index (χ4v) is 6.55. The summed E-state index contributed by atoms with van der Waals surface area (Å²) < 4.78 is 24.9. The number of esters is 1. The zero-order chi connectivity index (χ0) is 30.0. The van der Waals surface area contributed by atoms with E-state index < -0.39 is 12.0 Å². The molecule has 0 spiro atoms. The van der Waals surface area contributed by atoms with Gasteiger partial charge in [-0.3, -0.25) is 9.36 Å². The summed E-state index contributed by atoms with van der Waals surface area (Å²) in [5.41, 5.74) is 2.59. The number of rotatable bonds is 8. The second kappa shape index (κ2) is 12.6. The van der Waals surface area contributed by atoms with Crippen molar-refractivity contribution in [3.05, 3.63) is 118 Å². The Morgan fingerprint density at radius 3 is 2.50 bits per heavy atom. The van der Waals surface area contributed by atoms with Gasteiger partial charge < -0.3 is 18.9 Å². The molecule has 0 aliphatic carbocycles. The summed E-state index contributed by atoms with van der Waals surface area (Å²) >= 11 is 11.2. The SMILES string of the molecule is COC(=O)C1=C(C)N=c2s/c(=C\c3cc(Br)c(OCc4ccccc4)c(OC)c3)c(=O)n2[C@H]1c1cc(Cl)ccc1OC. The van der Waals surface area contributed by atoms with Crippen molar-refractivity contribution in [3.8, 4) is 17.2 Å². The fraction of sp³-hybridized carbons (Fsp3) is 0.194. The second-order valence-electron chi connectivity index (χ2n) is 9.27. The lowest BCUT2D eigenvalue weighted by molar-refractivity contribution is -0.136. The van der Waals surface area contributed by atoms with Gasteiger partial charge in [-0.15, -0.1) is 0 Å². The molecular weight excluding hydrogens is 644 g/mol. The zero-order valence-electron chi connectivity index (χ0n) is 23.1. The average molecular weight is 670 g/mol. The Labute approximate surface area is 259 Å². The van der Waals surface area contributed by atoms with Crippen LogP contribution in [0, 0.1) is 0 Å². The molecule has 4 aromatic rings. The van der Waals surface area contributed by atoms with Gasteiger partial charge in [0.2, 0.25) is 0 Å². The van der Waals surface area contributed by atoms with Crippen LogP contribution in [0.5, 0.6) is 17.2 Å². The van der Waals surface area contributed by atoms with Crippen molar-refractivity contribution in [2.75, 3.05) is 21.3 Å². The number of aromatic nitrogens is 1. The second-order valence-corrected chi connectivity index (χ2v) is 11.6. The number of ether oxygens (including phenoxy) is 4. The summed E-state index contributed by atoms with van der Waals surface area (Å²) in [6, 6.07) is 17.7. The van der Waals surface area contributed by atoms with Crippen LogP contribution in [0.25, 0.3) is 6.08 Å². The molecule has 0 bridgehead atoms. The molecule has 0 saturated carbocycles. The van der Waals surface area contributed by atoms with Gasteiger partial charge in [-0.05, 0) is 70.4 Å². The van der Waals surface area contributed by atoms with Crippen molar-refractivity contribution in [3.63, 3.8) is 0 Å². The van der Waals surface area contributed by atoms with Gasteiger partial charge in [0.25, 0.3) is 5.56 Å². The largest absolute Gasteiger partial charge is 0.496 e. The standard InChI is InChI=1S/C31H26BrClN2O6S/c1-17-26(30(37)40-4)27(21-15-20(33)10-11-23(21)38-2)35-29(36)25(42-31(35)34-17)14-19-12-22(32)28(24(13-19)39-3)41-16-18-8-6-5-7-9-18/h5-15,27H,16H2,1-4H3/b25-14-/t27-/m0/s1. The number of hydrogen-bond donors (Lipinski definition) is 0. The first kappa shape index (κ1) is 29.6. The van der Waals surface area contributed by atoms with E-state index in [1.165, 1.54) is 30.1 Å². The van der Waals surface area contributed by atoms with E-state index in [4.69, 9.17) is 30.5 Å². The Morgan fingerprint density at radius 1 is 1.07 bits per heavy atom. The number of halogens is 2. The summed E-state index contributed by atoms with van der Waals surface area (Å²) in [5, 5.41) is 0.429. The van der Waals surface area contributed by atoms with E-state index in [0.717, 1.165) is 5.56 Å². The van der Waals surface area contributed by atoms with E-state index in [0.29, 0.717) is 59.5 Å². The molecule has 2 heterocycles. The molecule has 0 amide bonds. The molecule has 0 N–H and O–H groups in total. The molecule has 11 heteroatoms. The van der Waals surface area contributed by atoms with E-state index in [2.05, 4.69) is 20.9 Å². The highest BCUT2D eigenvalue weighted by Crippen LogP contribution is 2.38. The van der Waals surface area contributed by atoms with Crippen LogP contribution in [0.4, 0.5) is 0 Å². The van der Waals surface area contributed by atoms with E-state index in [-0.39, 0.29) is 11.1 Å². The van der Waals surface area contributed by atoms with Crippen LogP contribution in [0.15, 0.2) is 86.2 Å². The number of methoxy groups -OCH3 is 3. The van der Waals surface area contributed by atoms with Gasteiger partial charge in [0.15, 0.2) is 16.3 Å².